The van der Waals surface area contributed by atoms with Gasteiger partial charge in [0.15, 0.2) is 12.4 Å². The van der Waals surface area contributed by atoms with Crippen molar-refractivity contribution in [2.24, 2.45) is 0 Å². The van der Waals surface area contributed by atoms with Gasteiger partial charge in [-0.1, -0.05) is 26.8 Å². The maximum atomic E-state index is 14.1. The zero-order valence-electron chi connectivity index (χ0n) is 23.3. The van der Waals surface area contributed by atoms with Crippen LogP contribution in [0.5, 0.6) is 11.5 Å². The van der Waals surface area contributed by atoms with E-state index >= 15 is 0 Å². The van der Waals surface area contributed by atoms with E-state index in [1.54, 1.807) is 39.5 Å². The summed E-state index contributed by atoms with van der Waals surface area (Å²) in [5.74, 6) is 0.283. The lowest BCUT2D eigenvalue weighted by Crippen LogP contribution is -2.31. The predicted octanol–water partition coefficient (Wildman–Crippen LogP) is 4.64. The smallest absolute Gasteiger partial charge is 0.407 e. The van der Waals surface area contributed by atoms with Crippen LogP contribution in [-0.4, -0.2) is 62.3 Å². The van der Waals surface area contributed by atoms with Gasteiger partial charge in [0, 0.05) is 42.9 Å². The van der Waals surface area contributed by atoms with Crippen LogP contribution >= 0.6 is 0 Å². The molecule has 0 aliphatic carbocycles. The number of aromatic hydroxyl groups is 1. The average Bonchev–Trinajstić information content (AvgIpc) is 3.53. The quantitative estimate of drug-likeness (QED) is 0.327. The Hall–Kier alpha value is -4.82. The number of phenols is 1. The summed E-state index contributed by atoms with van der Waals surface area (Å²) in [6.45, 7) is 6.60. The summed E-state index contributed by atoms with van der Waals surface area (Å²) >= 11 is 0. The Bertz CT molecular complexity index is 1740. The van der Waals surface area contributed by atoms with E-state index < -0.39 is 6.09 Å². The molecule has 0 saturated carbocycles. The summed E-state index contributed by atoms with van der Waals surface area (Å²) in [7, 11) is 1.50. The molecule has 2 N–H and O–H groups in total. The van der Waals surface area contributed by atoms with Gasteiger partial charge >= 0.3 is 11.8 Å². The number of likely N-dealkylation sites (tertiary alicyclic amines) is 1. The van der Waals surface area contributed by atoms with Crippen molar-refractivity contribution in [3.8, 4) is 34.4 Å². The van der Waals surface area contributed by atoms with Crippen LogP contribution < -0.4 is 10.4 Å². The zero-order valence-corrected chi connectivity index (χ0v) is 23.3. The number of nitrogens with zero attached hydrogens (tertiary/aromatic N) is 5. The molecule has 0 unspecified atom stereocenters. The lowest BCUT2D eigenvalue weighted by molar-refractivity contribution is 0.0515. The largest absolute Gasteiger partial charge is 0.507 e. The topological polar surface area (TPSA) is 143 Å². The second-order valence-electron chi connectivity index (χ2n) is 11.0. The fourth-order valence-electron chi connectivity index (χ4n) is 5.14. The van der Waals surface area contributed by atoms with E-state index in [-0.39, 0.29) is 41.8 Å². The molecule has 212 valence electrons. The molecule has 1 saturated heterocycles. The second kappa shape index (κ2) is 10.6. The minimum Gasteiger partial charge on any atom is -0.507 e. The van der Waals surface area contributed by atoms with E-state index in [1.807, 2.05) is 39.0 Å². The molecule has 5 rings (SSSR count). The summed E-state index contributed by atoms with van der Waals surface area (Å²) in [4.78, 5) is 32.0. The summed E-state index contributed by atoms with van der Waals surface area (Å²) in [6.07, 6.45) is -0.521. The first-order valence-corrected chi connectivity index (χ1v) is 13.2. The third-order valence-corrected chi connectivity index (χ3v) is 7.27. The average molecular weight is 558 g/mol. The van der Waals surface area contributed by atoms with E-state index in [9.17, 15) is 25.1 Å². The standard InChI is InChI=1S/C30H31N5O6/c1-30(2,3)26-10-8-23-27(32-26)35(21-11-12-33(16-21)29(38)39)28(37)34(23)20-6-7-22(25(14-20)41-17-40-4)18-5-9-24(36)19(13-18)15-31/h5-10,13-14,21,36H,11-12,16-17H2,1-4H3,(H,38,39)/t21-/m0/s1. The Kier molecular flexibility index (Phi) is 7.19. The van der Waals surface area contributed by atoms with Crippen molar-refractivity contribution < 1.29 is 24.5 Å². The number of nitriles is 1. The molecule has 0 bridgehead atoms. The molecule has 1 aliphatic rings. The van der Waals surface area contributed by atoms with Crippen molar-refractivity contribution in [3.63, 3.8) is 0 Å². The first-order valence-electron chi connectivity index (χ1n) is 13.2. The highest BCUT2D eigenvalue weighted by atomic mass is 16.7. The molecule has 41 heavy (non-hydrogen) atoms. The van der Waals surface area contributed by atoms with Crippen LogP contribution in [0.25, 0.3) is 28.0 Å². The van der Waals surface area contributed by atoms with E-state index in [1.165, 1.54) is 18.1 Å². The maximum absolute atomic E-state index is 14.1. The summed E-state index contributed by atoms with van der Waals surface area (Å²) < 4.78 is 14.2. The minimum atomic E-state index is -1.02. The van der Waals surface area contributed by atoms with Crippen molar-refractivity contribution in [2.45, 2.75) is 38.6 Å². The lowest BCUT2D eigenvalue weighted by Gasteiger charge is -2.18. The highest BCUT2D eigenvalue weighted by Crippen LogP contribution is 2.35. The van der Waals surface area contributed by atoms with Gasteiger partial charge < -0.3 is 24.6 Å². The van der Waals surface area contributed by atoms with Crippen LogP contribution in [0, 0.1) is 11.3 Å². The number of amides is 1. The number of aromatic nitrogens is 3. The van der Waals surface area contributed by atoms with Crippen LogP contribution in [0.3, 0.4) is 0 Å². The van der Waals surface area contributed by atoms with Gasteiger partial charge in [0.2, 0.25) is 0 Å². The molecule has 2 aromatic carbocycles. The lowest BCUT2D eigenvalue weighted by atomic mass is 9.92. The number of phenolic OH excluding ortho intramolecular Hbond substituents is 1. The minimum absolute atomic E-state index is 0.0557. The number of ether oxygens (including phenoxy) is 2. The molecule has 1 atom stereocenters. The Morgan fingerprint density at radius 3 is 2.61 bits per heavy atom. The third-order valence-electron chi connectivity index (χ3n) is 7.27. The molecule has 11 nitrogen and oxygen atoms in total. The second-order valence-corrected chi connectivity index (χ2v) is 11.0. The number of hydrogen-bond donors (Lipinski definition) is 2. The first-order chi connectivity index (χ1) is 19.5. The molecular formula is C30H31N5O6. The van der Waals surface area contributed by atoms with Crippen molar-refractivity contribution in [3.05, 3.63) is 70.3 Å². The van der Waals surface area contributed by atoms with Crippen molar-refractivity contribution in [1.82, 2.24) is 19.0 Å². The molecule has 0 radical (unpaired) electrons. The van der Waals surface area contributed by atoms with Crippen LogP contribution in [0.2, 0.25) is 0 Å². The van der Waals surface area contributed by atoms with E-state index in [0.717, 1.165) is 5.69 Å². The van der Waals surface area contributed by atoms with Gasteiger partial charge in [-0.3, -0.25) is 9.13 Å². The highest BCUT2D eigenvalue weighted by molar-refractivity contribution is 5.78. The SMILES string of the molecule is COCOc1cc(-n2c(=O)n([C@H]3CCN(C(=O)O)C3)c3nc(C(C)(C)C)ccc32)ccc1-c1ccc(O)c(C#N)c1. The molecular weight excluding hydrogens is 526 g/mol. The monoisotopic (exact) mass is 557 g/mol. The van der Waals surface area contributed by atoms with E-state index in [2.05, 4.69) is 0 Å². The van der Waals surface area contributed by atoms with Crippen LogP contribution in [0.15, 0.2) is 53.3 Å². The summed E-state index contributed by atoms with van der Waals surface area (Å²) in [5.41, 5.74) is 3.20. The number of carboxylic acid groups (broad SMARTS) is 1. The Morgan fingerprint density at radius 2 is 1.95 bits per heavy atom. The highest BCUT2D eigenvalue weighted by Gasteiger charge is 2.32. The first kappa shape index (κ1) is 27.7. The van der Waals surface area contributed by atoms with Gasteiger partial charge in [-0.2, -0.15) is 5.26 Å². The molecule has 0 spiro atoms. The van der Waals surface area contributed by atoms with Crippen LogP contribution in [-0.2, 0) is 10.2 Å². The van der Waals surface area contributed by atoms with Crippen molar-refractivity contribution in [1.29, 1.82) is 5.26 Å². The molecule has 3 heterocycles. The molecule has 1 aliphatic heterocycles. The number of methoxy groups -OCH3 is 1. The van der Waals surface area contributed by atoms with Gasteiger partial charge in [0.05, 0.1) is 22.8 Å². The van der Waals surface area contributed by atoms with Crippen LogP contribution in [0.1, 0.15) is 44.5 Å². The fourth-order valence-corrected chi connectivity index (χ4v) is 5.14. The summed E-state index contributed by atoms with van der Waals surface area (Å²) in [6, 6.07) is 15.3. The number of imidazole rings is 1. The van der Waals surface area contributed by atoms with Gasteiger partial charge in [-0.15, -0.1) is 0 Å². The Morgan fingerprint density at radius 1 is 1.17 bits per heavy atom. The van der Waals surface area contributed by atoms with Crippen molar-refractivity contribution in [2.75, 3.05) is 27.0 Å². The third kappa shape index (κ3) is 5.10. The number of rotatable bonds is 6. The molecule has 1 amide bonds. The summed E-state index contributed by atoms with van der Waals surface area (Å²) in [5, 5.41) is 28.9. The van der Waals surface area contributed by atoms with E-state index in [0.29, 0.717) is 46.7 Å². The molecule has 1 fully saturated rings. The van der Waals surface area contributed by atoms with E-state index in [4.69, 9.17) is 14.5 Å². The van der Waals surface area contributed by atoms with Gasteiger partial charge in [0.25, 0.3) is 0 Å². The fraction of sp³-hybridized carbons (Fsp3) is 0.333. The maximum Gasteiger partial charge on any atom is 0.407 e. The number of carbonyl (C=O) groups is 1. The zero-order chi connectivity index (χ0) is 29.5. The van der Waals surface area contributed by atoms with Crippen LogP contribution in [0.4, 0.5) is 4.79 Å². The number of pyridine rings is 1. The Labute approximate surface area is 236 Å². The van der Waals surface area contributed by atoms with Gasteiger partial charge in [-0.05, 0) is 48.4 Å². The number of benzene rings is 2. The van der Waals surface area contributed by atoms with Gasteiger partial charge in [-0.25, -0.2) is 14.6 Å². The Balaban J connectivity index is 1.70. The molecule has 2 aromatic heterocycles. The normalized spacial score (nSPS) is 15.3. The van der Waals surface area contributed by atoms with Gasteiger partial charge in [0.1, 0.15) is 17.6 Å². The number of hydrogen-bond acceptors (Lipinski definition) is 7. The predicted molar refractivity (Wildman–Crippen MR) is 152 cm³/mol. The molecule has 4 aromatic rings. The van der Waals surface area contributed by atoms with Crippen molar-refractivity contribution >= 4 is 17.3 Å². The molecule has 11 heteroatoms. The number of fused-ring (bicyclic) bond motifs is 1.